The van der Waals surface area contributed by atoms with E-state index >= 15 is 0 Å². The van der Waals surface area contributed by atoms with Crippen LogP contribution in [0.15, 0.2) is 60.8 Å². The van der Waals surface area contributed by atoms with E-state index in [0.29, 0.717) is 17.3 Å². The Morgan fingerprint density at radius 3 is 2.23 bits per heavy atom. The summed E-state index contributed by atoms with van der Waals surface area (Å²) in [6, 6.07) is 14.9. The molecule has 0 radical (unpaired) electrons. The van der Waals surface area contributed by atoms with Gasteiger partial charge < -0.3 is 14.8 Å². The van der Waals surface area contributed by atoms with Gasteiger partial charge in [0.15, 0.2) is 5.69 Å². The van der Waals surface area contributed by atoms with E-state index < -0.39 is 11.9 Å². The number of alkyl halides is 3. The van der Waals surface area contributed by atoms with E-state index in [-0.39, 0.29) is 17.0 Å². The minimum Gasteiger partial charge on any atom is -0.497 e. The smallest absolute Gasteiger partial charge is 0.435 e. The highest BCUT2D eigenvalue weighted by Crippen LogP contribution is 2.37. The number of halogens is 3. The summed E-state index contributed by atoms with van der Waals surface area (Å²) in [7, 11) is 3.01. The van der Waals surface area contributed by atoms with Crippen LogP contribution >= 0.6 is 0 Å². The molecule has 0 saturated heterocycles. The molecule has 0 spiro atoms. The summed E-state index contributed by atoms with van der Waals surface area (Å²) in [4.78, 5) is 8.17. The molecular formula is C21H17F3N4O2. The molecule has 30 heavy (non-hydrogen) atoms. The Balaban J connectivity index is 1.80. The first kappa shape index (κ1) is 19.6. The number of aromatic nitrogens is 3. The number of imidazole rings is 1. The van der Waals surface area contributed by atoms with Gasteiger partial charge in [0.1, 0.15) is 28.7 Å². The quantitative estimate of drug-likeness (QED) is 0.488. The van der Waals surface area contributed by atoms with Crippen LogP contribution in [0.3, 0.4) is 0 Å². The standard InChI is InChI=1S/C21H17F3N4O2/c1-29-14-8-6-13(7-9-14)25-17-5-3-4-16(26-17)19-20(21(22,23)24)27-18-11-10-15(30-2)12-28(18)19/h3-12H,1-2H3,(H,25,26). The van der Waals surface area contributed by atoms with Gasteiger partial charge in [-0.2, -0.15) is 13.2 Å². The van der Waals surface area contributed by atoms with Crippen LogP contribution in [-0.2, 0) is 6.18 Å². The summed E-state index contributed by atoms with van der Waals surface area (Å²) in [5, 5.41) is 3.08. The number of rotatable bonds is 5. The maximum absolute atomic E-state index is 13.7. The number of nitrogens with one attached hydrogen (secondary N) is 1. The average molecular weight is 414 g/mol. The monoisotopic (exact) mass is 414 g/mol. The van der Waals surface area contributed by atoms with Gasteiger partial charge in [-0.05, 0) is 48.5 Å². The Bertz CT molecular complexity index is 1190. The number of fused-ring (bicyclic) bond motifs is 1. The lowest BCUT2D eigenvalue weighted by molar-refractivity contribution is -0.140. The van der Waals surface area contributed by atoms with Gasteiger partial charge >= 0.3 is 6.18 Å². The van der Waals surface area contributed by atoms with Crippen LogP contribution in [0.4, 0.5) is 24.7 Å². The molecule has 1 aromatic carbocycles. The lowest BCUT2D eigenvalue weighted by Gasteiger charge is -2.11. The van der Waals surface area contributed by atoms with E-state index in [4.69, 9.17) is 9.47 Å². The van der Waals surface area contributed by atoms with E-state index in [9.17, 15) is 13.2 Å². The highest BCUT2D eigenvalue weighted by molar-refractivity contribution is 5.68. The van der Waals surface area contributed by atoms with Crippen molar-refractivity contribution in [3.05, 3.63) is 66.5 Å². The number of hydrogen-bond donors (Lipinski definition) is 1. The van der Waals surface area contributed by atoms with Crippen LogP contribution in [0.5, 0.6) is 11.5 Å². The number of hydrogen-bond acceptors (Lipinski definition) is 5. The summed E-state index contributed by atoms with van der Waals surface area (Å²) >= 11 is 0. The van der Waals surface area contributed by atoms with Gasteiger partial charge in [0.25, 0.3) is 0 Å². The summed E-state index contributed by atoms with van der Waals surface area (Å²) < 4.78 is 52.7. The molecule has 3 aromatic heterocycles. The molecule has 4 rings (SSSR count). The molecule has 3 heterocycles. The molecule has 0 atom stereocenters. The van der Waals surface area contributed by atoms with Crippen molar-refractivity contribution >= 4 is 17.2 Å². The summed E-state index contributed by atoms with van der Waals surface area (Å²) in [6.07, 6.45) is -3.19. The van der Waals surface area contributed by atoms with E-state index in [1.807, 2.05) is 0 Å². The largest absolute Gasteiger partial charge is 0.497 e. The molecule has 9 heteroatoms. The Hall–Kier alpha value is -3.75. The molecule has 0 bridgehead atoms. The predicted molar refractivity (Wildman–Crippen MR) is 106 cm³/mol. The highest BCUT2D eigenvalue weighted by atomic mass is 19.4. The van der Waals surface area contributed by atoms with Crippen molar-refractivity contribution in [1.82, 2.24) is 14.4 Å². The first-order chi connectivity index (χ1) is 14.4. The van der Waals surface area contributed by atoms with Crippen LogP contribution in [0, 0.1) is 0 Å². The van der Waals surface area contributed by atoms with Crippen LogP contribution < -0.4 is 14.8 Å². The van der Waals surface area contributed by atoms with Crippen molar-refractivity contribution in [3.63, 3.8) is 0 Å². The number of benzene rings is 1. The van der Waals surface area contributed by atoms with Gasteiger partial charge in [-0.15, -0.1) is 0 Å². The number of nitrogens with zero attached hydrogens (tertiary/aromatic N) is 3. The van der Waals surface area contributed by atoms with Gasteiger partial charge in [0.2, 0.25) is 0 Å². The Labute approximate surface area is 169 Å². The van der Waals surface area contributed by atoms with Crippen LogP contribution in [0.1, 0.15) is 5.69 Å². The zero-order valence-corrected chi connectivity index (χ0v) is 16.1. The number of methoxy groups -OCH3 is 2. The molecule has 6 nitrogen and oxygen atoms in total. The average Bonchev–Trinajstić information content (AvgIpc) is 3.14. The van der Waals surface area contributed by atoms with E-state index in [1.54, 1.807) is 49.6 Å². The lowest BCUT2D eigenvalue weighted by atomic mass is 10.2. The van der Waals surface area contributed by atoms with Crippen molar-refractivity contribution in [2.45, 2.75) is 6.18 Å². The van der Waals surface area contributed by atoms with Crippen molar-refractivity contribution in [2.24, 2.45) is 0 Å². The molecule has 0 saturated carbocycles. The molecular weight excluding hydrogens is 397 g/mol. The summed E-state index contributed by atoms with van der Waals surface area (Å²) in [5.41, 5.74) is -0.175. The molecule has 0 aliphatic carbocycles. The van der Waals surface area contributed by atoms with E-state index in [1.165, 1.54) is 29.8 Å². The van der Waals surface area contributed by atoms with Crippen LogP contribution in [-0.4, -0.2) is 28.6 Å². The second-order valence-corrected chi connectivity index (χ2v) is 6.37. The second-order valence-electron chi connectivity index (χ2n) is 6.37. The fourth-order valence-electron chi connectivity index (χ4n) is 3.05. The second kappa shape index (κ2) is 7.58. The molecule has 0 amide bonds. The third-order valence-corrected chi connectivity index (χ3v) is 4.45. The van der Waals surface area contributed by atoms with Gasteiger partial charge in [-0.3, -0.25) is 4.40 Å². The Morgan fingerprint density at radius 1 is 0.867 bits per heavy atom. The van der Waals surface area contributed by atoms with Gasteiger partial charge in [0, 0.05) is 5.69 Å². The minimum absolute atomic E-state index is 0.126. The van der Waals surface area contributed by atoms with E-state index in [2.05, 4.69) is 15.3 Å². The van der Waals surface area contributed by atoms with Crippen LogP contribution in [0.2, 0.25) is 0 Å². The summed E-state index contributed by atoms with van der Waals surface area (Å²) in [5.74, 6) is 1.49. The molecule has 0 fully saturated rings. The van der Waals surface area contributed by atoms with Crippen LogP contribution in [0.25, 0.3) is 17.0 Å². The zero-order chi connectivity index (χ0) is 21.3. The minimum atomic E-state index is -4.64. The molecule has 0 unspecified atom stereocenters. The third kappa shape index (κ3) is 3.73. The van der Waals surface area contributed by atoms with Crippen molar-refractivity contribution in [2.75, 3.05) is 19.5 Å². The normalized spacial score (nSPS) is 11.5. The van der Waals surface area contributed by atoms with Crippen molar-refractivity contribution in [3.8, 4) is 22.9 Å². The van der Waals surface area contributed by atoms with E-state index in [0.717, 1.165) is 5.69 Å². The number of pyridine rings is 2. The fourth-order valence-corrected chi connectivity index (χ4v) is 3.05. The van der Waals surface area contributed by atoms with Gasteiger partial charge in [-0.1, -0.05) is 6.07 Å². The topological polar surface area (TPSA) is 60.7 Å². The van der Waals surface area contributed by atoms with Crippen molar-refractivity contribution < 1.29 is 22.6 Å². The molecule has 0 aliphatic heterocycles. The van der Waals surface area contributed by atoms with Gasteiger partial charge in [0.05, 0.1) is 26.1 Å². The number of anilines is 2. The maximum atomic E-state index is 13.7. The highest BCUT2D eigenvalue weighted by Gasteiger charge is 2.38. The first-order valence-corrected chi connectivity index (χ1v) is 8.91. The predicted octanol–water partition coefficient (Wildman–Crippen LogP) is 5.18. The molecule has 4 aromatic rings. The Kier molecular flexibility index (Phi) is 4.94. The molecule has 1 N–H and O–H groups in total. The molecule has 154 valence electrons. The summed E-state index contributed by atoms with van der Waals surface area (Å²) in [6.45, 7) is 0. The Morgan fingerprint density at radius 2 is 1.57 bits per heavy atom. The first-order valence-electron chi connectivity index (χ1n) is 8.91. The SMILES string of the molecule is COc1ccc(Nc2cccc(-c3c(C(F)(F)F)nc4ccc(OC)cn34)n2)cc1. The zero-order valence-electron chi connectivity index (χ0n) is 16.1. The fraction of sp³-hybridized carbons (Fsp3) is 0.143. The lowest BCUT2D eigenvalue weighted by Crippen LogP contribution is -2.08. The van der Waals surface area contributed by atoms with Gasteiger partial charge in [-0.25, -0.2) is 9.97 Å². The maximum Gasteiger partial charge on any atom is 0.435 e. The number of ether oxygens (including phenoxy) is 2. The van der Waals surface area contributed by atoms with Crippen molar-refractivity contribution in [1.29, 1.82) is 0 Å². The molecule has 0 aliphatic rings. The third-order valence-electron chi connectivity index (χ3n) is 4.45.